The Hall–Kier alpha value is -5.00. The van der Waals surface area contributed by atoms with Gasteiger partial charge < -0.3 is 20.0 Å². The number of rotatable bonds is 7. The van der Waals surface area contributed by atoms with E-state index >= 15 is 0 Å². The molecule has 1 unspecified atom stereocenters. The molecule has 6 rings (SSSR count). The smallest absolute Gasteiger partial charge is 0.321 e. The molecule has 2 N–H and O–H groups in total. The third kappa shape index (κ3) is 5.85. The van der Waals surface area contributed by atoms with Crippen LogP contribution < -0.4 is 10.6 Å². The van der Waals surface area contributed by atoms with E-state index in [0.29, 0.717) is 22.4 Å². The highest BCUT2D eigenvalue weighted by Gasteiger charge is 2.42. The second-order valence-electron chi connectivity index (χ2n) is 10.0. The maximum atomic E-state index is 14.1. The first-order chi connectivity index (χ1) is 20.9. The Kier molecular flexibility index (Phi) is 7.91. The molecule has 10 nitrogen and oxygen atoms in total. The molecule has 5 aromatic rings. The van der Waals surface area contributed by atoms with Crippen LogP contribution in [0.15, 0.2) is 119 Å². The van der Waals surface area contributed by atoms with Crippen LogP contribution in [0.5, 0.6) is 0 Å². The van der Waals surface area contributed by atoms with E-state index in [4.69, 9.17) is 4.42 Å². The lowest BCUT2D eigenvalue weighted by Gasteiger charge is -2.39. The lowest BCUT2D eigenvalue weighted by molar-refractivity contribution is -0.126. The van der Waals surface area contributed by atoms with Crippen molar-refractivity contribution in [2.24, 2.45) is 0 Å². The molecule has 11 heteroatoms. The summed E-state index contributed by atoms with van der Waals surface area (Å²) in [6.45, 7) is -0.0830. The average molecular weight is 596 g/mol. The largest absolute Gasteiger partial charge is 0.467 e. The van der Waals surface area contributed by atoms with E-state index in [2.05, 4.69) is 15.6 Å². The monoisotopic (exact) mass is 595 g/mol. The highest BCUT2D eigenvalue weighted by molar-refractivity contribution is 7.89. The van der Waals surface area contributed by atoms with Crippen molar-refractivity contribution in [3.05, 3.63) is 115 Å². The second kappa shape index (κ2) is 12.1. The van der Waals surface area contributed by atoms with Gasteiger partial charge in [0, 0.05) is 36.8 Å². The fourth-order valence-electron chi connectivity index (χ4n) is 5.22. The number of hydrogen-bond acceptors (Lipinski definition) is 6. The Morgan fingerprint density at radius 1 is 0.884 bits per heavy atom. The molecule has 3 amide bonds. The zero-order valence-corrected chi connectivity index (χ0v) is 23.9. The normalized spacial score (nSPS) is 15.7. The molecule has 2 aromatic heterocycles. The van der Waals surface area contributed by atoms with Gasteiger partial charge in [0.05, 0.1) is 24.0 Å². The van der Waals surface area contributed by atoms with E-state index in [1.54, 1.807) is 36.4 Å². The number of furan rings is 1. The Bertz CT molecular complexity index is 1860. The number of aromatic nitrogens is 1. The summed E-state index contributed by atoms with van der Waals surface area (Å²) in [7, 11) is -4.18. The number of sulfonamides is 1. The highest BCUT2D eigenvalue weighted by Crippen LogP contribution is 2.30. The Labute approximate surface area is 249 Å². The molecule has 0 saturated carbocycles. The van der Waals surface area contributed by atoms with Gasteiger partial charge in [-0.3, -0.25) is 9.78 Å². The molecule has 0 radical (unpaired) electrons. The number of carbonyl (C=O) groups excluding carboxylic acids is 2. The van der Waals surface area contributed by atoms with Gasteiger partial charge in [0.1, 0.15) is 16.7 Å². The maximum absolute atomic E-state index is 14.1. The van der Waals surface area contributed by atoms with Crippen LogP contribution in [0.4, 0.5) is 10.5 Å². The Morgan fingerprint density at radius 2 is 1.67 bits per heavy atom. The lowest BCUT2D eigenvalue weighted by Crippen LogP contribution is -2.61. The molecule has 0 aliphatic carbocycles. The Balaban J connectivity index is 1.28. The molecular weight excluding hydrogens is 566 g/mol. The molecule has 218 valence electrons. The van der Waals surface area contributed by atoms with Crippen LogP contribution in [0.2, 0.25) is 0 Å². The van der Waals surface area contributed by atoms with Crippen molar-refractivity contribution in [3.63, 3.8) is 0 Å². The number of urea groups is 1. The number of hydrogen-bond donors (Lipinski definition) is 2. The quantitative estimate of drug-likeness (QED) is 0.281. The van der Waals surface area contributed by atoms with Crippen molar-refractivity contribution in [2.45, 2.75) is 17.5 Å². The number of carbonyl (C=O) groups is 2. The van der Waals surface area contributed by atoms with Crippen LogP contribution in [0.25, 0.3) is 22.0 Å². The number of anilines is 1. The summed E-state index contributed by atoms with van der Waals surface area (Å²) in [4.78, 5) is 32.9. The average Bonchev–Trinajstić information content (AvgIpc) is 3.57. The number of nitrogens with zero attached hydrogens (tertiary/aromatic N) is 3. The summed E-state index contributed by atoms with van der Waals surface area (Å²) in [6, 6.07) is 27.3. The van der Waals surface area contributed by atoms with Gasteiger partial charge in [0.15, 0.2) is 0 Å². The number of benzene rings is 3. The molecule has 1 atom stereocenters. The van der Waals surface area contributed by atoms with Crippen molar-refractivity contribution in [1.29, 1.82) is 0 Å². The molecule has 1 saturated heterocycles. The van der Waals surface area contributed by atoms with Gasteiger partial charge in [-0.15, -0.1) is 0 Å². The van der Waals surface area contributed by atoms with Crippen LogP contribution in [-0.2, 0) is 21.4 Å². The van der Waals surface area contributed by atoms with Gasteiger partial charge in [-0.2, -0.15) is 4.31 Å². The highest BCUT2D eigenvalue weighted by atomic mass is 32.2. The fraction of sp³-hybridized carbons (Fsp3) is 0.156. The molecule has 43 heavy (non-hydrogen) atoms. The predicted octanol–water partition coefficient (Wildman–Crippen LogP) is 4.72. The van der Waals surface area contributed by atoms with E-state index < -0.39 is 28.0 Å². The maximum Gasteiger partial charge on any atom is 0.321 e. The molecule has 1 fully saturated rings. The first-order valence-corrected chi connectivity index (χ1v) is 15.2. The number of amides is 3. The Morgan fingerprint density at radius 3 is 2.49 bits per heavy atom. The summed E-state index contributed by atoms with van der Waals surface area (Å²) in [5.74, 6) is -0.0284. The summed E-state index contributed by atoms with van der Waals surface area (Å²) in [5, 5.41) is 6.40. The van der Waals surface area contributed by atoms with Gasteiger partial charge in [0.25, 0.3) is 0 Å². The summed E-state index contributed by atoms with van der Waals surface area (Å²) < 4.78 is 34.7. The predicted molar refractivity (Wildman–Crippen MR) is 162 cm³/mol. The molecule has 1 aliphatic heterocycles. The van der Waals surface area contributed by atoms with Crippen LogP contribution in [-0.4, -0.2) is 60.2 Å². The third-order valence-corrected chi connectivity index (χ3v) is 9.31. The van der Waals surface area contributed by atoms with Crippen LogP contribution in [0.1, 0.15) is 5.76 Å². The number of para-hydroxylation sites is 2. The van der Waals surface area contributed by atoms with Gasteiger partial charge >= 0.3 is 6.03 Å². The fourth-order valence-corrected chi connectivity index (χ4v) is 6.96. The number of pyridine rings is 1. The van der Waals surface area contributed by atoms with Crippen molar-refractivity contribution in [2.75, 3.05) is 25.0 Å². The standard InChI is InChI=1S/C32H29N5O5S/c38-31(34-21-25-13-8-20-42-25)28-22-36(32(39)35-27-15-5-4-14-26(27)23-9-2-1-3-10-23)18-19-37(28)43(40,41)29-16-6-11-24-12-7-17-33-30(24)29/h1-17,20,28H,18-19,21-22H2,(H,34,38)(H,35,39). The zero-order chi connectivity index (χ0) is 29.8. The molecular formula is C32H29N5O5S. The minimum Gasteiger partial charge on any atom is -0.467 e. The summed E-state index contributed by atoms with van der Waals surface area (Å²) >= 11 is 0. The van der Waals surface area contributed by atoms with Gasteiger partial charge in [-0.05, 0) is 35.9 Å². The number of nitrogens with one attached hydrogen (secondary N) is 2. The van der Waals surface area contributed by atoms with Gasteiger partial charge in [0.2, 0.25) is 15.9 Å². The molecule has 0 spiro atoms. The van der Waals surface area contributed by atoms with Crippen LogP contribution >= 0.6 is 0 Å². The van der Waals surface area contributed by atoms with E-state index in [9.17, 15) is 18.0 Å². The first kappa shape index (κ1) is 28.1. The third-order valence-electron chi connectivity index (χ3n) is 7.37. The zero-order valence-electron chi connectivity index (χ0n) is 23.1. The van der Waals surface area contributed by atoms with Gasteiger partial charge in [-0.1, -0.05) is 66.7 Å². The van der Waals surface area contributed by atoms with E-state index in [0.717, 1.165) is 15.4 Å². The van der Waals surface area contributed by atoms with Gasteiger partial charge in [-0.25, -0.2) is 13.2 Å². The second-order valence-corrected chi connectivity index (χ2v) is 11.9. The van der Waals surface area contributed by atoms with Crippen molar-refractivity contribution < 1.29 is 22.4 Å². The lowest BCUT2D eigenvalue weighted by atomic mass is 10.0. The summed E-state index contributed by atoms with van der Waals surface area (Å²) in [5.41, 5.74) is 2.70. The SMILES string of the molecule is O=C(NCc1ccco1)C1CN(C(=O)Nc2ccccc2-c2ccccc2)CCN1S(=O)(=O)c1cccc2cccnc12. The van der Waals surface area contributed by atoms with E-state index in [1.165, 1.54) is 23.4 Å². The van der Waals surface area contributed by atoms with Crippen LogP contribution in [0.3, 0.4) is 0 Å². The molecule has 0 bridgehead atoms. The van der Waals surface area contributed by atoms with Crippen LogP contribution in [0, 0.1) is 0 Å². The number of fused-ring (bicyclic) bond motifs is 1. The van der Waals surface area contributed by atoms with Crippen molar-refractivity contribution in [3.8, 4) is 11.1 Å². The minimum absolute atomic E-state index is 0.00382. The number of piperazine rings is 1. The first-order valence-electron chi connectivity index (χ1n) is 13.8. The molecule has 3 heterocycles. The molecule has 3 aromatic carbocycles. The summed E-state index contributed by atoms with van der Waals surface area (Å²) in [6.07, 6.45) is 3.02. The van der Waals surface area contributed by atoms with Crippen molar-refractivity contribution in [1.82, 2.24) is 19.5 Å². The van der Waals surface area contributed by atoms with Crippen molar-refractivity contribution >= 4 is 38.6 Å². The van der Waals surface area contributed by atoms with E-state index in [-0.39, 0.29) is 31.1 Å². The van der Waals surface area contributed by atoms with E-state index in [1.807, 2.05) is 54.6 Å². The minimum atomic E-state index is -4.18. The molecule has 1 aliphatic rings. The topological polar surface area (TPSA) is 125 Å².